The van der Waals surface area contributed by atoms with Crippen LogP contribution in [0.15, 0.2) is 23.1 Å². The maximum atomic E-state index is 11.4. The Morgan fingerprint density at radius 2 is 2.46 bits per heavy atom. The molecule has 0 atom stereocenters. The SMILES string of the molecule is C=C(Cl)CNC(=O)c1cc(C)cs1. The highest BCUT2D eigenvalue weighted by atomic mass is 35.5. The predicted molar refractivity (Wildman–Crippen MR) is 56.4 cm³/mol. The Morgan fingerprint density at radius 1 is 1.77 bits per heavy atom. The standard InChI is InChI=1S/C9H10ClNOS/c1-6-3-8(13-5-6)9(12)11-4-7(2)10/h3,5H,2,4H2,1H3,(H,11,12). The first-order valence-corrected chi connectivity index (χ1v) is 5.02. The van der Waals surface area contributed by atoms with E-state index >= 15 is 0 Å². The van der Waals surface area contributed by atoms with Crippen molar-refractivity contribution in [3.63, 3.8) is 0 Å². The Morgan fingerprint density at radius 3 is 2.92 bits per heavy atom. The fraction of sp³-hybridized carbons (Fsp3) is 0.222. The van der Waals surface area contributed by atoms with Crippen LogP contribution in [0.25, 0.3) is 0 Å². The number of halogens is 1. The van der Waals surface area contributed by atoms with Gasteiger partial charge < -0.3 is 5.32 Å². The molecule has 1 rings (SSSR count). The number of nitrogens with one attached hydrogen (secondary N) is 1. The molecule has 0 aromatic carbocycles. The summed E-state index contributed by atoms with van der Waals surface area (Å²) in [5.74, 6) is -0.0973. The molecule has 1 aromatic heterocycles. The average molecular weight is 216 g/mol. The van der Waals surface area contributed by atoms with Gasteiger partial charge in [0.05, 0.1) is 11.4 Å². The lowest BCUT2D eigenvalue weighted by Gasteiger charge is -2.00. The van der Waals surface area contributed by atoms with Crippen LogP contribution in [0.5, 0.6) is 0 Å². The second kappa shape index (κ2) is 4.44. The van der Waals surface area contributed by atoms with E-state index in [4.69, 9.17) is 11.6 Å². The third kappa shape index (κ3) is 3.20. The molecular formula is C9H10ClNOS. The van der Waals surface area contributed by atoms with Crippen molar-refractivity contribution < 1.29 is 4.79 Å². The zero-order chi connectivity index (χ0) is 9.84. The molecule has 0 aliphatic carbocycles. The quantitative estimate of drug-likeness (QED) is 0.825. The summed E-state index contributed by atoms with van der Waals surface area (Å²) in [6.07, 6.45) is 0. The van der Waals surface area contributed by atoms with E-state index in [1.165, 1.54) is 11.3 Å². The smallest absolute Gasteiger partial charge is 0.261 e. The Labute approximate surface area is 86.2 Å². The van der Waals surface area contributed by atoms with Crippen LogP contribution in [0.2, 0.25) is 0 Å². The third-order valence-corrected chi connectivity index (χ3v) is 2.58. The van der Waals surface area contributed by atoms with Crippen LogP contribution < -0.4 is 5.32 Å². The van der Waals surface area contributed by atoms with Crippen molar-refractivity contribution in [2.75, 3.05) is 6.54 Å². The van der Waals surface area contributed by atoms with Gasteiger partial charge in [-0.15, -0.1) is 11.3 Å². The monoisotopic (exact) mass is 215 g/mol. The summed E-state index contributed by atoms with van der Waals surface area (Å²) in [5.41, 5.74) is 1.10. The highest BCUT2D eigenvalue weighted by molar-refractivity contribution is 7.12. The maximum Gasteiger partial charge on any atom is 0.261 e. The molecule has 1 heterocycles. The van der Waals surface area contributed by atoms with Crippen LogP contribution in [-0.2, 0) is 0 Å². The van der Waals surface area contributed by atoms with Crippen molar-refractivity contribution in [3.05, 3.63) is 33.5 Å². The van der Waals surface area contributed by atoms with Gasteiger partial charge in [-0.2, -0.15) is 0 Å². The molecule has 0 saturated heterocycles. The zero-order valence-corrected chi connectivity index (χ0v) is 8.84. The molecule has 2 nitrogen and oxygen atoms in total. The topological polar surface area (TPSA) is 29.1 Å². The summed E-state index contributed by atoms with van der Waals surface area (Å²) in [7, 11) is 0. The fourth-order valence-corrected chi connectivity index (χ4v) is 1.69. The molecule has 0 aliphatic heterocycles. The van der Waals surface area contributed by atoms with Gasteiger partial charge in [-0.1, -0.05) is 18.2 Å². The lowest BCUT2D eigenvalue weighted by molar-refractivity contribution is 0.0961. The summed E-state index contributed by atoms with van der Waals surface area (Å²) in [6, 6.07) is 1.84. The number of carbonyl (C=O) groups is 1. The van der Waals surface area contributed by atoms with Crippen LogP contribution in [0.1, 0.15) is 15.2 Å². The summed E-state index contributed by atoms with van der Waals surface area (Å²) >= 11 is 6.93. The van der Waals surface area contributed by atoms with Crippen LogP contribution in [0, 0.1) is 6.92 Å². The van der Waals surface area contributed by atoms with Gasteiger partial charge in [-0.3, -0.25) is 4.79 Å². The first-order chi connectivity index (χ1) is 6.09. The van der Waals surface area contributed by atoms with Crippen molar-refractivity contribution in [2.45, 2.75) is 6.92 Å². The molecule has 1 amide bonds. The molecule has 1 aromatic rings. The van der Waals surface area contributed by atoms with E-state index in [0.717, 1.165) is 5.56 Å². The Bertz CT molecular complexity index is 332. The first kappa shape index (κ1) is 10.3. The summed E-state index contributed by atoms with van der Waals surface area (Å²) in [4.78, 5) is 12.1. The summed E-state index contributed by atoms with van der Waals surface area (Å²) in [6.45, 7) is 5.75. The van der Waals surface area contributed by atoms with Gasteiger partial charge in [0.1, 0.15) is 0 Å². The lowest BCUT2D eigenvalue weighted by atomic mass is 10.3. The van der Waals surface area contributed by atoms with E-state index in [-0.39, 0.29) is 5.91 Å². The number of carbonyl (C=O) groups excluding carboxylic acids is 1. The molecule has 0 radical (unpaired) electrons. The van der Waals surface area contributed by atoms with E-state index in [9.17, 15) is 4.79 Å². The molecule has 4 heteroatoms. The predicted octanol–water partition coefficient (Wildman–Crippen LogP) is 2.54. The Hall–Kier alpha value is -0.800. The highest BCUT2D eigenvalue weighted by Gasteiger charge is 2.06. The summed E-state index contributed by atoms with van der Waals surface area (Å²) < 4.78 is 0. The van der Waals surface area contributed by atoms with Gasteiger partial charge in [0.15, 0.2) is 0 Å². The minimum atomic E-state index is -0.0973. The van der Waals surface area contributed by atoms with E-state index < -0.39 is 0 Å². The first-order valence-electron chi connectivity index (χ1n) is 3.76. The second-order valence-corrected chi connectivity index (χ2v) is 4.13. The molecule has 1 N–H and O–H groups in total. The number of amides is 1. The normalized spacial score (nSPS) is 9.69. The van der Waals surface area contributed by atoms with Gasteiger partial charge >= 0.3 is 0 Å². The maximum absolute atomic E-state index is 11.4. The van der Waals surface area contributed by atoms with Crippen LogP contribution in [0.3, 0.4) is 0 Å². The largest absolute Gasteiger partial charge is 0.346 e. The lowest BCUT2D eigenvalue weighted by Crippen LogP contribution is -2.23. The van der Waals surface area contributed by atoms with Crippen LogP contribution in [0.4, 0.5) is 0 Å². The van der Waals surface area contributed by atoms with Crippen molar-refractivity contribution in [1.29, 1.82) is 0 Å². The molecule has 0 bridgehead atoms. The molecule has 0 saturated carbocycles. The van der Waals surface area contributed by atoms with Crippen molar-refractivity contribution >= 4 is 28.8 Å². The van der Waals surface area contributed by atoms with Gasteiger partial charge in [-0.05, 0) is 23.9 Å². The number of thiophene rings is 1. The minimum absolute atomic E-state index is 0.0973. The van der Waals surface area contributed by atoms with E-state index in [1.54, 1.807) is 0 Å². The zero-order valence-electron chi connectivity index (χ0n) is 7.26. The number of hydrogen-bond donors (Lipinski definition) is 1. The molecule has 0 unspecified atom stereocenters. The highest BCUT2D eigenvalue weighted by Crippen LogP contribution is 2.13. The van der Waals surface area contributed by atoms with Gasteiger partial charge in [-0.25, -0.2) is 0 Å². The number of aryl methyl sites for hydroxylation is 1. The average Bonchev–Trinajstić information content (AvgIpc) is 2.47. The molecule has 0 spiro atoms. The molecule has 0 fully saturated rings. The number of rotatable bonds is 3. The molecule has 13 heavy (non-hydrogen) atoms. The van der Waals surface area contributed by atoms with Crippen LogP contribution >= 0.6 is 22.9 Å². The second-order valence-electron chi connectivity index (χ2n) is 2.69. The van der Waals surface area contributed by atoms with E-state index in [2.05, 4.69) is 11.9 Å². The molecule has 0 aliphatic rings. The summed E-state index contributed by atoms with van der Waals surface area (Å²) in [5, 5.41) is 5.02. The van der Waals surface area contributed by atoms with Crippen molar-refractivity contribution in [1.82, 2.24) is 5.32 Å². The van der Waals surface area contributed by atoms with E-state index in [0.29, 0.717) is 16.5 Å². The fourth-order valence-electron chi connectivity index (χ4n) is 0.814. The van der Waals surface area contributed by atoms with E-state index in [1.807, 2.05) is 18.4 Å². The van der Waals surface area contributed by atoms with Gasteiger partial charge in [0, 0.05) is 5.03 Å². The van der Waals surface area contributed by atoms with Crippen molar-refractivity contribution in [2.24, 2.45) is 0 Å². The number of hydrogen-bond acceptors (Lipinski definition) is 2. The molecular weight excluding hydrogens is 206 g/mol. The Balaban J connectivity index is 2.54. The van der Waals surface area contributed by atoms with Gasteiger partial charge in [0.25, 0.3) is 5.91 Å². The van der Waals surface area contributed by atoms with Gasteiger partial charge in [0.2, 0.25) is 0 Å². The molecule has 70 valence electrons. The third-order valence-electron chi connectivity index (χ3n) is 1.40. The minimum Gasteiger partial charge on any atom is -0.346 e. The van der Waals surface area contributed by atoms with Crippen LogP contribution in [-0.4, -0.2) is 12.5 Å². The van der Waals surface area contributed by atoms with Crippen molar-refractivity contribution in [3.8, 4) is 0 Å². The Kier molecular flexibility index (Phi) is 3.51.